The SMILES string of the molecule is CC=Cc1ccccc1OCc1occc1CNC. The molecule has 1 aromatic heterocycles. The van der Waals surface area contributed by atoms with E-state index < -0.39 is 0 Å². The van der Waals surface area contributed by atoms with Crippen molar-refractivity contribution in [1.29, 1.82) is 0 Å². The smallest absolute Gasteiger partial charge is 0.146 e. The molecule has 0 aliphatic heterocycles. The van der Waals surface area contributed by atoms with E-state index in [4.69, 9.17) is 9.15 Å². The topological polar surface area (TPSA) is 34.4 Å². The maximum absolute atomic E-state index is 5.85. The van der Waals surface area contributed by atoms with Crippen LogP contribution in [0.4, 0.5) is 0 Å². The molecule has 0 fully saturated rings. The van der Waals surface area contributed by atoms with Crippen LogP contribution in [0.5, 0.6) is 5.75 Å². The van der Waals surface area contributed by atoms with E-state index in [1.54, 1.807) is 6.26 Å². The number of rotatable bonds is 6. The van der Waals surface area contributed by atoms with Crippen molar-refractivity contribution in [2.24, 2.45) is 0 Å². The Balaban J connectivity index is 2.08. The van der Waals surface area contributed by atoms with Crippen molar-refractivity contribution in [1.82, 2.24) is 5.32 Å². The molecular weight excluding hydrogens is 238 g/mol. The fourth-order valence-corrected chi connectivity index (χ4v) is 1.91. The largest absolute Gasteiger partial charge is 0.485 e. The van der Waals surface area contributed by atoms with Gasteiger partial charge >= 0.3 is 0 Å². The minimum atomic E-state index is 0.443. The fourth-order valence-electron chi connectivity index (χ4n) is 1.91. The van der Waals surface area contributed by atoms with Gasteiger partial charge in [0.05, 0.1) is 6.26 Å². The lowest BCUT2D eigenvalue weighted by atomic mass is 10.2. The summed E-state index contributed by atoms with van der Waals surface area (Å²) in [7, 11) is 1.92. The van der Waals surface area contributed by atoms with Crippen LogP contribution in [0.25, 0.3) is 6.08 Å². The summed E-state index contributed by atoms with van der Waals surface area (Å²) in [5.74, 6) is 1.73. The first kappa shape index (κ1) is 13.4. The molecule has 0 spiro atoms. The highest BCUT2D eigenvalue weighted by molar-refractivity contribution is 5.56. The average molecular weight is 257 g/mol. The van der Waals surface area contributed by atoms with Crippen LogP contribution in [0.15, 0.2) is 47.1 Å². The van der Waals surface area contributed by atoms with Crippen molar-refractivity contribution in [3.63, 3.8) is 0 Å². The van der Waals surface area contributed by atoms with Gasteiger partial charge in [0, 0.05) is 17.7 Å². The summed E-state index contributed by atoms with van der Waals surface area (Å²) >= 11 is 0. The molecule has 1 aromatic carbocycles. The average Bonchev–Trinajstić information content (AvgIpc) is 2.86. The molecule has 100 valence electrons. The Morgan fingerprint density at radius 2 is 2.11 bits per heavy atom. The fraction of sp³-hybridized carbons (Fsp3) is 0.250. The van der Waals surface area contributed by atoms with E-state index in [2.05, 4.69) is 5.32 Å². The van der Waals surface area contributed by atoms with Crippen LogP contribution in [0.2, 0.25) is 0 Å². The molecule has 0 radical (unpaired) electrons. The lowest BCUT2D eigenvalue weighted by molar-refractivity contribution is 0.267. The predicted octanol–water partition coefficient (Wildman–Crippen LogP) is 3.61. The molecule has 0 aliphatic rings. The Kier molecular flexibility index (Phi) is 4.81. The number of ether oxygens (including phenoxy) is 1. The van der Waals surface area contributed by atoms with Gasteiger partial charge in [0.15, 0.2) is 0 Å². The van der Waals surface area contributed by atoms with Crippen molar-refractivity contribution in [3.8, 4) is 5.75 Å². The quantitative estimate of drug-likeness (QED) is 0.858. The van der Waals surface area contributed by atoms with E-state index in [9.17, 15) is 0 Å². The summed E-state index contributed by atoms with van der Waals surface area (Å²) in [5.41, 5.74) is 2.21. The first-order valence-corrected chi connectivity index (χ1v) is 6.39. The molecule has 0 saturated carbocycles. The van der Waals surface area contributed by atoms with Gasteiger partial charge < -0.3 is 14.5 Å². The van der Waals surface area contributed by atoms with E-state index in [-0.39, 0.29) is 0 Å². The molecule has 0 atom stereocenters. The van der Waals surface area contributed by atoms with Crippen LogP contribution in [-0.2, 0) is 13.2 Å². The molecule has 3 heteroatoms. The van der Waals surface area contributed by atoms with Gasteiger partial charge in [-0.25, -0.2) is 0 Å². The summed E-state index contributed by atoms with van der Waals surface area (Å²) < 4.78 is 11.3. The van der Waals surface area contributed by atoms with E-state index >= 15 is 0 Å². The number of hydrogen-bond donors (Lipinski definition) is 1. The molecule has 0 amide bonds. The minimum absolute atomic E-state index is 0.443. The van der Waals surface area contributed by atoms with Gasteiger partial charge in [-0.3, -0.25) is 0 Å². The van der Waals surface area contributed by atoms with Crippen molar-refractivity contribution in [2.75, 3.05) is 7.05 Å². The van der Waals surface area contributed by atoms with Gasteiger partial charge in [0.2, 0.25) is 0 Å². The van der Waals surface area contributed by atoms with Crippen molar-refractivity contribution in [3.05, 3.63) is 59.6 Å². The van der Waals surface area contributed by atoms with Gasteiger partial charge in [0.1, 0.15) is 18.1 Å². The standard InChI is InChI=1S/C16H19NO2/c1-3-6-13-7-4-5-8-15(13)19-12-16-14(11-17-2)9-10-18-16/h3-10,17H,11-12H2,1-2H3. The number of furan rings is 1. The zero-order valence-electron chi connectivity index (χ0n) is 11.3. The van der Waals surface area contributed by atoms with Crippen molar-refractivity contribution < 1.29 is 9.15 Å². The monoisotopic (exact) mass is 257 g/mol. The number of para-hydroxylation sites is 1. The lowest BCUT2D eigenvalue weighted by Gasteiger charge is -2.09. The minimum Gasteiger partial charge on any atom is -0.485 e. The van der Waals surface area contributed by atoms with Crippen LogP contribution < -0.4 is 10.1 Å². The molecule has 0 aliphatic carbocycles. The molecule has 3 nitrogen and oxygen atoms in total. The highest BCUT2D eigenvalue weighted by Gasteiger charge is 2.07. The highest BCUT2D eigenvalue weighted by atomic mass is 16.5. The molecule has 2 rings (SSSR count). The first-order chi connectivity index (χ1) is 9.35. The first-order valence-electron chi connectivity index (χ1n) is 6.39. The number of nitrogens with one attached hydrogen (secondary N) is 1. The Labute approximate surface area is 113 Å². The number of allylic oxidation sites excluding steroid dienone is 1. The molecule has 2 aromatic rings. The molecular formula is C16H19NO2. The normalized spacial score (nSPS) is 11.1. The van der Waals surface area contributed by atoms with Crippen molar-refractivity contribution >= 4 is 6.08 Å². The molecule has 1 heterocycles. The van der Waals surface area contributed by atoms with Gasteiger partial charge in [-0.15, -0.1) is 0 Å². The third kappa shape index (κ3) is 3.48. The summed E-state index contributed by atoms with van der Waals surface area (Å²) in [4.78, 5) is 0. The zero-order valence-corrected chi connectivity index (χ0v) is 11.3. The van der Waals surface area contributed by atoms with Crippen LogP contribution in [0.3, 0.4) is 0 Å². The Morgan fingerprint density at radius 1 is 1.26 bits per heavy atom. The molecule has 0 saturated heterocycles. The van der Waals surface area contributed by atoms with Crippen LogP contribution in [0.1, 0.15) is 23.8 Å². The molecule has 19 heavy (non-hydrogen) atoms. The van der Waals surface area contributed by atoms with E-state index in [1.807, 2.05) is 56.5 Å². The Bertz CT molecular complexity index is 543. The maximum Gasteiger partial charge on any atom is 0.146 e. The molecule has 1 N–H and O–H groups in total. The number of hydrogen-bond acceptors (Lipinski definition) is 3. The highest BCUT2D eigenvalue weighted by Crippen LogP contribution is 2.21. The Morgan fingerprint density at radius 3 is 2.89 bits per heavy atom. The second-order valence-electron chi connectivity index (χ2n) is 4.23. The van der Waals surface area contributed by atoms with Crippen LogP contribution in [0, 0.1) is 0 Å². The van der Waals surface area contributed by atoms with Gasteiger partial charge in [-0.05, 0) is 26.1 Å². The second-order valence-corrected chi connectivity index (χ2v) is 4.23. The predicted molar refractivity (Wildman–Crippen MR) is 77.0 cm³/mol. The van der Waals surface area contributed by atoms with E-state index in [0.29, 0.717) is 6.61 Å². The zero-order chi connectivity index (χ0) is 13.5. The molecule has 0 bridgehead atoms. The van der Waals surface area contributed by atoms with Crippen LogP contribution in [-0.4, -0.2) is 7.05 Å². The number of benzene rings is 1. The maximum atomic E-state index is 5.85. The van der Waals surface area contributed by atoms with Gasteiger partial charge in [0.25, 0.3) is 0 Å². The van der Waals surface area contributed by atoms with Crippen LogP contribution >= 0.6 is 0 Å². The lowest BCUT2D eigenvalue weighted by Crippen LogP contribution is -2.07. The van der Waals surface area contributed by atoms with Gasteiger partial charge in [-0.2, -0.15) is 0 Å². The van der Waals surface area contributed by atoms with E-state index in [0.717, 1.165) is 29.2 Å². The summed E-state index contributed by atoms with van der Waals surface area (Å²) in [6.45, 7) is 3.22. The van der Waals surface area contributed by atoms with Crippen molar-refractivity contribution in [2.45, 2.75) is 20.1 Å². The van der Waals surface area contributed by atoms with Gasteiger partial charge in [-0.1, -0.05) is 30.4 Å². The Hall–Kier alpha value is -2.00. The summed E-state index contributed by atoms with van der Waals surface area (Å²) in [6.07, 6.45) is 5.73. The summed E-state index contributed by atoms with van der Waals surface area (Å²) in [6, 6.07) is 9.94. The second kappa shape index (κ2) is 6.81. The van der Waals surface area contributed by atoms with E-state index in [1.165, 1.54) is 0 Å². The summed E-state index contributed by atoms with van der Waals surface area (Å²) in [5, 5.41) is 3.11. The molecule has 0 unspecified atom stereocenters. The third-order valence-electron chi connectivity index (χ3n) is 2.83. The third-order valence-corrected chi connectivity index (χ3v) is 2.83.